The predicted octanol–water partition coefficient (Wildman–Crippen LogP) is 6.51. The molecule has 0 radical (unpaired) electrons. The second-order valence-corrected chi connectivity index (χ2v) is 12.2. The predicted molar refractivity (Wildman–Crippen MR) is 111 cm³/mol. The Morgan fingerprint density at radius 2 is 1.19 bits per heavy atom. The van der Waals surface area contributed by atoms with Crippen LogP contribution < -0.4 is 0 Å². The Kier molecular flexibility index (Phi) is 7.67. The maximum absolute atomic E-state index is 12.7. The molecule has 0 atom stereocenters. The highest BCUT2D eigenvalue weighted by molar-refractivity contribution is 7.63. The zero-order valence-electron chi connectivity index (χ0n) is 16.2. The largest absolute Gasteiger partial charge is 0.335 e. The smallest absolute Gasteiger partial charge is 0.323 e. The average Bonchev–Trinajstić information content (AvgIpc) is 2.62. The number of rotatable bonds is 10. The molecule has 0 amide bonds. The summed E-state index contributed by atoms with van der Waals surface area (Å²) in [4.78, 5) is 0. The molecule has 0 N–H and O–H groups in total. The van der Waals surface area contributed by atoms with Crippen molar-refractivity contribution in [1.29, 1.82) is 0 Å². The van der Waals surface area contributed by atoms with E-state index in [9.17, 15) is 9.13 Å². The molecule has 0 unspecified atom stereocenters. The molecule has 0 aromatic heterocycles. The van der Waals surface area contributed by atoms with Gasteiger partial charge in [0.1, 0.15) is 0 Å². The molecule has 0 fully saturated rings. The quantitative estimate of drug-likeness (QED) is 0.430. The van der Waals surface area contributed by atoms with Crippen LogP contribution in [0.25, 0.3) is 10.8 Å². The molecule has 0 saturated heterocycles. The van der Waals surface area contributed by atoms with Crippen molar-refractivity contribution in [2.24, 2.45) is 0 Å². The van der Waals surface area contributed by atoms with Crippen LogP contribution in [0, 0.1) is 0 Å². The summed E-state index contributed by atoms with van der Waals surface area (Å²) in [5, 5.41) is 2.18. The summed E-state index contributed by atoms with van der Waals surface area (Å²) in [5.74, 6) is 0. The summed E-state index contributed by atoms with van der Waals surface area (Å²) in [6, 6.07) is 12.2. The summed E-state index contributed by atoms with van der Waals surface area (Å²) < 4.78 is 36.2. The lowest BCUT2D eigenvalue weighted by Gasteiger charge is -2.17. The normalized spacial score (nSPS) is 12.6. The van der Waals surface area contributed by atoms with E-state index in [4.69, 9.17) is 9.05 Å². The first-order valence-electron chi connectivity index (χ1n) is 9.33. The van der Waals surface area contributed by atoms with Crippen LogP contribution in [0.5, 0.6) is 0 Å². The lowest BCUT2D eigenvalue weighted by molar-refractivity contribution is 0.219. The molecule has 6 heteroatoms. The van der Waals surface area contributed by atoms with Crippen LogP contribution in [-0.2, 0) is 30.5 Å². The molecule has 0 heterocycles. The second kappa shape index (κ2) is 9.33. The van der Waals surface area contributed by atoms with Crippen LogP contribution in [-0.4, -0.2) is 25.5 Å². The fraction of sp³-hybridized carbons (Fsp3) is 0.500. The van der Waals surface area contributed by atoms with Gasteiger partial charge in [-0.25, -0.2) is 0 Å². The Hall–Kier alpha value is -0.920. The third-order valence-corrected chi connectivity index (χ3v) is 9.92. The van der Waals surface area contributed by atoms with Gasteiger partial charge in [-0.1, -0.05) is 50.2 Å². The van der Waals surface area contributed by atoms with Gasteiger partial charge in [-0.15, -0.1) is 0 Å². The van der Waals surface area contributed by atoms with Gasteiger partial charge in [0.2, 0.25) is 0 Å². The third-order valence-electron chi connectivity index (χ3n) is 4.62. The van der Waals surface area contributed by atoms with Crippen molar-refractivity contribution in [1.82, 2.24) is 0 Å². The summed E-state index contributed by atoms with van der Waals surface area (Å²) in [5.41, 5.74) is 2.05. The van der Waals surface area contributed by atoms with Crippen molar-refractivity contribution in [2.75, 3.05) is 25.5 Å². The summed E-state index contributed by atoms with van der Waals surface area (Å²) in [6.45, 7) is 8.38. The molecular weight excluding hydrogens is 366 g/mol. The van der Waals surface area contributed by atoms with Crippen LogP contribution >= 0.6 is 14.7 Å². The Morgan fingerprint density at radius 3 is 1.62 bits per heavy atom. The highest BCUT2D eigenvalue weighted by Crippen LogP contribution is 2.51. The van der Waals surface area contributed by atoms with Gasteiger partial charge < -0.3 is 13.6 Å². The molecule has 0 saturated carbocycles. The van der Waals surface area contributed by atoms with E-state index < -0.39 is 14.7 Å². The maximum atomic E-state index is 12.7. The number of benzene rings is 2. The van der Waals surface area contributed by atoms with Crippen LogP contribution in [0.1, 0.15) is 38.8 Å². The van der Waals surface area contributed by atoms with Gasteiger partial charge >= 0.3 is 7.60 Å². The zero-order chi connectivity index (χ0) is 19.2. The van der Waals surface area contributed by atoms with E-state index in [1.54, 1.807) is 0 Å². The number of hydrogen-bond donors (Lipinski definition) is 0. The Labute approximate surface area is 157 Å². The van der Waals surface area contributed by atoms with Crippen molar-refractivity contribution < 1.29 is 18.2 Å². The van der Waals surface area contributed by atoms with Gasteiger partial charge in [0.25, 0.3) is 0 Å². The minimum absolute atomic E-state index is 0.271. The fourth-order valence-electron chi connectivity index (χ4n) is 3.07. The SMILES string of the molecule is CCOP(=O)(Cc1ccc2cc(CP(=O)(CC)CC)ccc2c1)OCC. The van der Waals surface area contributed by atoms with E-state index in [2.05, 4.69) is 18.2 Å². The Balaban J connectivity index is 2.25. The molecule has 0 bridgehead atoms. The summed E-state index contributed by atoms with van der Waals surface area (Å²) in [6.07, 6.45) is 2.41. The Morgan fingerprint density at radius 1 is 0.731 bits per heavy atom. The number of fused-ring (bicyclic) bond motifs is 1. The van der Waals surface area contributed by atoms with Crippen LogP contribution in [0.2, 0.25) is 0 Å². The molecule has 0 aliphatic heterocycles. The molecule has 4 nitrogen and oxygen atoms in total. The van der Waals surface area contributed by atoms with Crippen LogP contribution in [0.15, 0.2) is 36.4 Å². The van der Waals surface area contributed by atoms with Crippen LogP contribution in [0.3, 0.4) is 0 Å². The van der Waals surface area contributed by atoms with Crippen molar-refractivity contribution >= 4 is 25.5 Å². The van der Waals surface area contributed by atoms with Gasteiger partial charge in [0.05, 0.1) is 26.5 Å². The minimum Gasteiger partial charge on any atom is -0.323 e. The maximum Gasteiger partial charge on any atom is 0.335 e. The van der Waals surface area contributed by atoms with Crippen molar-refractivity contribution in [3.63, 3.8) is 0 Å². The molecule has 0 spiro atoms. The van der Waals surface area contributed by atoms with Gasteiger partial charge in [0.15, 0.2) is 0 Å². The summed E-state index contributed by atoms with van der Waals surface area (Å²) >= 11 is 0. The van der Waals surface area contributed by atoms with Crippen molar-refractivity contribution in [2.45, 2.75) is 40.0 Å². The van der Waals surface area contributed by atoms with Gasteiger partial charge in [-0.05, 0) is 48.1 Å². The molecule has 0 aliphatic carbocycles. The zero-order valence-corrected chi connectivity index (χ0v) is 18.0. The number of hydrogen-bond acceptors (Lipinski definition) is 4. The lowest BCUT2D eigenvalue weighted by atomic mass is 10.1. The minimum atomic E-state index is -3.10. The third kappa shape index (κ3) is 5.54. The van der Waals surface area contributed by atoms with E-state index in [-0.39, 0.29) is 6.16 Å². The second-order valence-electron chi connectivity index (χ2n) is 6.47. The monoisotopic (exact) mass is 396 g/mol. The van der Waals surface area contributed by atoms with E-state index in [0.29, 0.717) is 19.4 Å². The molecule has 144 valence electrons. The summed E-state index contributed by atoms with van der Waals surface area (Å²) in [7, 11) is -5.21. The first-order chi connectivity index (χ1) is 12.4. The molecule has 2 rings (SSSR count). The van der Waals surface area contributed by atoms with Gasteiger partial charge in [0, 0.05) is 6.16 Å². The average molecular weight is 396 g/mol. The fourth-order valence-corrected chi connectivity index (χ4v) is 6.51. The van der Waals surface area contributed by atoms with E-state index in [1.165, 1.54) is 0 Å². The standard InChI is InChI=1S/C20H30O4P2/c1-5-23-26(22,24-6-2)16-18-10-12-19-13-17(9-11-20(19)14-18)15-25(21,7-3)8-4/h9-14H,5-8,15-16H2,1-4H3. The lowest BCUT2D eigenvalue weighted by Crippen LogP contribution is -1.99. The first-order valence-corrected chi connectivity index (χ1v) is 13.3. The van der Waals surface area contributed by atoms with Crippen molar-refractivity contribution in [3.8, 4) is 0 Å². The topological polar surface area (TPSA) is 52.6 Å². The van der Waals surface area contributed by atoms with E-state index in [0.717, 1.165) is 34.2 Å². The molecule has 2 aromatic carbocycles. The van der Waals surface area contributed by atoms with Gasteiger partial charge in [-0.2, -0.15) is 0 Å². The van der Waals surface area contributed by atoms with E-state index >= 15 is 0 Å². The molecular formula is C20H30O4P2. The highest BCUT2D eigenvalue weighted by Gasteiger charge is 2.24. The highest BCUT2D eigenvalue weighted by atomic mass is 31.2. The van der Waals surface area contributed by atoms with Crippen molar-refractivity contribution in [3.05, 3.63) is 47.5 Å². The first kappa shape index (κ1) is 21.4. The van der Waals surface area contributed by atoms with E-state index in [1.807, 2.05) is 45.9 Å². The Bertz CT molecular complexity index is 814. The molecule has 2 aromatic rings. The molecule has 26 heavy (non-hydrogen) atoms. The van der Waals surface area contributed by atoms with Gasteiger partial charge in [-0.3, -0.25) is 4.57 Å². The van der Waals surface area contributed by atoms with Crippen LogP contribution in [0.4, 0.5) is 0 Å². The molecule has 0 aliphatic rings.